The van der Waals surface area contributed by atoms with Gasteiger partial charge in [-0.25, -0.2) is 0 Å². The van der Waals surface area contributed by atoms with Crippen molar-refractivity contribution in [2.24, 2.45) is 5.73 Å². The molecule has 0 unspecified atom stereocenters. The first-order valence-electron chi connectivity index (χ1n) is 10.1. The smallest absolute Gasteiger partial charge is 0.323 e. The van der Waals surface area contributed by atoms with E-state index in [2.05, 4.69) is 32.5 Å². The zero-order chi connectivity index (χ0) is 20.6. The summed E-state index contributed by atoms with van der Waals surface area (Å²) < 4.78 is 16.4. The normalized spacial score (nSPS) is 10.7. The van der Waals surface area contributed by atoms with E-state index >= 15 is 0 Å². The zero-order valence-electron chi connectivity index (χ0n) is 17.1. The van der Waals surface area contributed by atoms with E-state index in [4.69, 9.17) is 19.9 Å². The minimum Gasteiger partial charge on any atom is -0.463 e. The lowest BCUT2D eigenvalue weighted by molar-refractivity contribution is 0.0547. The molecule has 1 heterocycles. The molecule has 2 rings (SSSR count). The predicted molar refractivity (Wildman–Crippen MR) is 113 cm³/mol. The van der Waals surface area contributed by atoms with Gasteiger partial charge in [-0.15, -0.1) is 0 Å². The molecule has 0 spiro atoms. The van der Waals surface area contributed by atoms with E-state index in [1.54, 1.807) is 0 Å². The van der Waals surface area contributed by atoms with Crippen LogP contribution >= 0.6 is 0 Å². The third-order valence-corrected chi connectivity index (χ3v) is 3.80. The predicted octanol–water partition coefficient (Wildman–Crippen LogP) is 2.07. The van der Waals surface area contributed by atoms with Crippen LogP contribution in [0.25, 0.3) is 0 Å². The maximum absolute atomic E-state index is 5.66. The van der Waals surface area contributed by atoms with Crippen LogP contribution in [0.5, 0.6) is 6.01 Å². The first kappa shape index (κ1) is 22.8. The van der Waals surface area contributed by atoms with Crippen LogP contribution in [0.2, 0.25) is 0 Å². The van der Waals surface area contributed by atoms with Crippen LogP contribution in [0.3, 0.4) is 0 Å². The molecule has 0 bridgehead atoms. The Morgan fingerprint density at radius 2 is 1.59 bits per heavy atom. The third-order valence-electron chi connectivity index (χ3n) is 3.80. The fourth-order valence-corrected chi connectivity index (χ4v) is 2.30. The van der Waals surface area contributed by atoms with Gasteiger partial charge in [-0.05, 0) is 12.0 Å². The largest absolute Gasteiger partial charge is 0.463 e. The number of anilines is 2. The van der Waals surface area contributed by atoms with Crippen LogP contribution in [-0.4, -0.2) is 61.1 Å². The highest BCUT2D eigenvalue weighted by Gasteiger charge is 2.08. The van der Waals surface area contributed by atoms with Gasteiger partial charge in [0.1, 0.15) is 0 Å². The molecule has 0 amide bonds. The average Bonchev–Trinajstić information content (AvgIpc) is 2.75. The molecule has 9 heteroatoms. The molecule has 0 aliphatic carbocycles. The summed E-state index contributed by atoms with van der Waals surface area (Å²) in [4.78, 5) is 13.1. The van der Waals surface area contributed by atoms with E-state index in [1.807, 2.05) is 30.3 Å². The lowest BCUT2D eigenvalue weighted by atomic mass is 10.2. The molecule has 0 saturated heterocycles. The van der Waals surface area contributed by atoms with E-state index in [0.29, 0.717) is 70.6 Å². The number of nitrogens with zero attached hydrogens (tertiary/aromatic N) is 3. The molecule has 1 aromatic heterocycles. The van der Waals surface area contributed by atoms with Crippen LogP contribution in [0.1, 0.15) is 25.3 Å². The summed E-state index contributed by atoms with van der Waals surface area (Å²) in [6.45, 7) is 6.49. The number of rotatable bonds is 16. The van der Waals surface area contributed by atoms with Gasteiger partial charge >= 0.3 is 6.01 Å². The van der Waals surface area contributed by atoms with Crippen molar-refractivity contribution < 1.29 is 14.2 Å². The number of aromatic nitrogens is 3. The second kappa shape index (κ2) is 14.5. The van der Waals surface area contributed by atoms with E-state index in [9.17, 15) is 0 Å². The summed E-state index contributed by atoms with van der Waals surface area (Å²) in [6.07, 6.45) is 1.99. The number of hydrogen-bond donors (Lipinski definition) is 3. The van der Waals surface area contributed by atoms with Crippen LogP contribution in [0, 0.1) is 0 Å². The van der Waals surface area contributed by atoms with E-state index in [-0.39, 0.29) is 0 Å². The van der Waals surface area contributed by atoms with Crippen molar-refractivity contribution in [2.75, 3.05) is 56.8 Å². The minimum absolute atomic E-state index is 0.308. The Morgan fingerprint density at radius 1 is 0.862 bits per heavy atom. The van der Waals surface area contributed by atoms with Gasteiger partial charge in [0.05, 0.1) is 33.0 Å². The topological polar surface area (TPSA) is 116 Å². The number of unbranched alkanes of at least 4 members (excludes halogenated alkanes) is 1. The monoisotopic (exact) mass is 404 g/mol. The molecule has 0 saturated carbocycles. The second-order valence-electron chi connectivity index (χ2n) is 6.25. The van der Waals surface area contributed by atoms with Crippen molar-refractivity contribution in [3.63, 3.8) is 0 Å². The first-order valence-corrected chi connectivity index (χ1v) is 10.1. The summed E-state index contributed by atoms with van der Waals surface area (Å²) in [5.74, 6) is 0.916. The first-order chi connectivity index (χ1) is 14.3. The quantitative estimate of drug-likeness (QED) is 0.361. The summed E-state index contributed by atoms with van der Waals surface area (Å²) in [5.41, 5.74) is 6.50. The highest BCUT2D eigenvalue weighted by atomic mass is 16.5. The van der Waals surface area contributed by atoms with Gasteiger partial charge in [0, 0.05) is 19.6 Å². The number of hydrogen-bond acceptors (Lipinski definition) is 9. The molecule has 160 valence electrons. The fraction of sp³-hybridized carbons (Fsp3) is 0.550. The Labute approximate surface area is 172 Å². The highest BCUT2D eigenvalue weighted by Crippen LogP contribution is 2.13. The fourth-order valence-electron chi connectivity index (χ4n) is 2.30. The maximum atomic E-state index is 5.66. The van der Waals surface area contributed by atoms with Gasteiger partial charge in [0.2, 0.25) is 11.9 Å². The standard InChI is InChI=1S/C20H32N6O3/c1-2-3-11-29-20-25-18(22-10-13-28-15-14-27-12-9-21)24-19(26-20)23-16-17-7-5-4-6-8-17/h4-8H,2-3,9-16,21H2,1H3,(H2,22,23,24,25,26). The van der Waals surface area contributed by atoms with Crippen molar-refractivity contribution >= 4 is 11.9 Å². The van der Waals surface area contributed by atoms with Crippen molar-refractivity contribution in [3.05, 3.63) is 35.9 Å². The Morgan fingerprint density at radius 3 is 2.31 bits per heavy atom. The van der Waals surface area contributed by atoms with Crippen molar-refractivity contribution in [1.82, 2.24) is 15.0 Å². The van der Waals surface area contributed by atoms with Gasteiger partial charge < -0.3 is 30.6 Å². The van der Waals surface area contributed by atoms with Crippen molar-refractivity contribution in [2.45, 2.75) is 26.3 Å². The molecule has 9 nitrogen and oxygen atoms in total. The molecule has 0 fully saturated rings. The average molecular weight is 405 g/mol. The zero-order valence-corrected chi connectivity index (χ0v) is 17.1. The Hall–Kier alpha value is -2.49. The number of ether oxygens (including phenoxy) is 3. The molecule has 0 radical (unpaired) electrons. The van der Waals surface area contributed by atoms with Gasteiger partial charge in [0.15, 0.2) is 0 Å². The second-order valence-corrected chi connectivity index (χ2v) is 6.25. The van der Waals surface area contributed by atoms with E-state index in [1.165, 1.54) is 0 Å². The lowest BCUT2D eigenvalue weighted by Gasteiger charge is -2.11. The molecule has 29 heavy (non-hydrogen) atoms. The summed E-state index contributed by atoms with van der Waals surface area (Å²) >= 11 is 0. The van der Waals surface area contributed by atoms with Crippen molar-refractivity contribution in [3.8, 4) is 6.01 Å². The highest BCUT2D eigenvalue weighted by molar-refractivity contribution is 5.36. The Balaban J connectivity index is 1.84. The molecule has 1 aromatic carbocycles. The molecule has 0 aliphatic rings. The van der Waals surface area contributed by atoms with Gasteiger partial charge in [0.25, 0.3) is 0 Å². The lowest BCUT2D eigenvalue weighted by Crippen LogP contribution is -2.17. The maximum Gasteiger partial charge on any atom is 0.323 e. The number of nitrogens with two attached hydrogens (primary N) is 1. The van der Waals surface area contributed by atoms with Gasteiger partial charge in [-0.3, -0.25) is 0 Å². The third kappa shape index (κ3) is 10.0. The number of benzene rings is 1. The van der Waals surface area contributed by atoms with Crippen LogP contribution in [-0.2, 0) is 16.0 Å². The van der Waals surface area contributed by atoms with Crippen LogP contribution in [0.15, 0.2) is 30.3 Å². The summed E-state index contributed by atoms with van der Waals surface area (Å²) in [5, 5.41) is 6.37. The Kier molecular flexibility index (Phi) is 11.4. The van der Waals surface area contributed by atoms with Crippen molar-refractivity contribution in [1.29, 1.82) is 0 Å². The van der Waals surface area contributed by atoms with Crippen LogP contribution < -0.4 is 21.1 Å². The van der Waals surface area contributed by atoms with Gasteiger partial charge in [-0.1, -0.05) is 43.7 Å². The molecule has 4 N–H and O–H groups in total. The summed E-state index contributed by atoms with van der Waals surface area (Å²) in [7, 11) is 0. The summed E-state index contributed by atoms with van der Waals surface area (Å²) in [6, 6.07) is 10.4. The van der Waals surface area contributed by atoms with E-state index in [0.717, 1.165) is 18.4 Å². The molecular weight excluding hydrogens is 372 g/mol. The molecule has 2 aromatic rings. The number of nitrogens with one attached hydrogen (secondary N) is 2. The Bertz CT molecular complexity index is 675. The van der Waals surface area contributed by atoms with Crippen LogP contribution in [0.4, 0.5) is 11.9 Å². The molecular formula is C20H32N6O3. The molecule has 0 aliphatic heterocycles. The minimum atomic E-state index is 0.308. The van der Waals surface area contributed by atoms with E-state index < -0.39 is 0 Å². The SMILES string of the molecule is CCCCOc1nc(NCCOCCOCCN)nc(NCc2ccccc2)n1. The van der Waals surface area contributed by atoms with Gasteiger partial charge in [-0.2, -0.15) is 15.0 Å². The molecule has 0 atom stereocenters.